The van der Waals surface area contributed by atoms with E-state index in [1.807, 2.05) is 29.3 Å². The molecule has 4 heterocycles. The molecule has 0 radical (unpaired) electrons. The van der Waals surface area contributed by atoms with E-state index in [1.54, 1.807) is 44.2 Å². The van der Waals surface area contributed by atoms with Gasteiger partial charge in [0.05, 0.1) is 17.9 Å². The Hall–Kier alpha value is -3.81. The Kier molecular flexibility index (Phi) is 4.88. The number of hydrogen-bond acceptors (Lipinski definition) is 5. The van der Waals surface area contributed by atoms with Crippen molar-refractivity contribution in [3.8, 4) is 11.6 Å². The molecule has 5 rings (SSSR count). The van der Waals surface area contributed by atoms with Gasteiger partial charge >= 0.3 is 0 Å². The molecule has 0 saturated carbocycles. The highest BCUT2D eigenvalue weighted by molar-refractivity contribution is 5.95. The molecule has 8 nitrogen and oxygen atoms in total. The molecule has 1 spiro atoms. The summed E-state index contributed by atoms with van der Waals surface area (Å²) in [6.45, 7) is 2.96. The van der Waals surface area contributed by atoms with Crippen LogP contribution in [0.25, 0.3) is 5.82 Å². The van der Waals surface area contributed by atoms with Crippen LogP contribution in [0.15, 0.2) is 54.9 Å². The fourth-order valence-corrected chi connectivity index (χ4v) is 4.93. The lowest BCUT2D eigenvalue weighted by Gasteiger charge is -2.47. The molecule has 0 aliphatic carbocycles. The largest absolute Gasteiger partial charge is 0.508 e. The third kappa shape index (κ3) is 3.25. The predicted molar refractivity (Wildman–Crippen MR) is 125 cm³/mol. The highest BCUT2D eigenvalue weighted by Gasteiger charge is 2.51. The van der Waals surface area contributed by atoms with Gasteiger partial charge in [-0.15, -0.1) is 0 Å². The molecule has 2 aliphatic heterocycles. The second kappa shape index (κ2) is 7.65. The highest BCUT2D eigenvalue weighted by Crippen LogP contribution is 2.47. The molecule has 1 fully saturated rings. The van der Waals surface area contributed by atoms with E-state index in [9.17, 15) is 14.7 Å². The van der Waals surface area contributed by atoms with Gasteiger partial charge in [-0.25, -0.2) is 4.98 Å². The lowest BCUT2D eigenvalue weighted by atomic mass is 9.88. The minimum absolute atomic E-state index is 0.0163. The average molecular weight is 446 g/mol. The van der Waals surface area contributed by atoms with Crippen LogP contribution in [0.2, 0.25) is 0 Å². The predicted octanol–water partition coefficient (Wildman–Crippen LogP) is 2.54. The molecule has 2 amide bonds. The number of benzene rings is 1. The molecule has 170 valence electrons. The summed E-state index contributed by atoms with van der Waals surface area (Å²) >= 11 is 0. The van der Waals surface area contributed by atoms with Crippen LogP contribution < -0.4 is 4.90 Å². The first-order valence-electron chi connectivity index (χ1n) is 11.0. The van der Waals surface area contributed by atoms with E-state index in [-0.39, 0.29) is 24.1 Å². The number of aromatic nitrogens is 2. The summed E-state index contributed by atoms with van der Waals surface area (Å²) in [6.07, 6.45) is 4.41. The van der Waals surface area contributed by atoms with E-state index >= 15 is 0 Å². The molecule has 1 aromatic carbocycles. The maximum Gasteiger partial charge on any atom is 0.254 e. The second-order valence-electron chi connectivity index (χ2n) is 8.99. The Bertz CT molecular complexity index is 1250. The number of fused-ring (bicyclic) bond motifs is 4. The molecule has 2 aromatic heterocycles. The molecular weight excluding hydrogens is 418 g/mol. The number of hydrogen-bond donors (Lipinski definition) is 1. The van der Waals surface area contributed by atoms with Gasteiger partial charge in [-0.3, -0.25) is 9.59 Å². The van der Waals surface area contributed by atoms with Crippen molar-refractivity contribution < 1.29 is 14.7 Å². The third-order valence-corrected chi connectivity index (χ3v) is 6.81. The number of nitrogens with zero attached hydrogens (tertiary/aromatic N) is 5. The lowest BCUT2D eigenvalue weighted by molar-refractivity contribution is -0.127. The van der Waals surface area contributed by atoms with Gasteiger partial charge in [0.15, 0.2) is 5.82 Å². The topological polar surface area (TPSA) is 81.9 Å². The maximum absolute atomic E-state index is 13.4. The van der Waals surface area contributed by atoms with Crippen LogP contribution in [-0.2, 0) is 10.3 Å². The maximum atomic E-state index is 13.4. The molecule has 8 heteroatoms. The first-order valence-corrected chi connectivity index (χ1v) is 11.0. The number of likely N-dealkylation sites (tertiary alicyclic amines) is 1. The van der Waals surface area contributed by atoms with Gasteiger partial charge in [0.2, 0.25) is 5.91 Å². The van der Waals surface area contributed by atoms with E-state index in [4.69, 9.17) is 0 Å². The van der Waals surface area contributed by atoms with Crippen LogP contribution in [0.4, 0.5) is 5.69 Å². The zero-order valence-electron chi connectivity index (χ0n) is 19.0. The van der Waals surface area contributed by atoms with Crippen LogP contribution in [0.1, 0.15) is 28.0 Å². The van der Waals surface area contributed by atoms with Gasteiger partial charge in [-0.2, -0.15) is 0 Å². The van der Waals surface area contributed by atoms with Gasteiger partial charge in [-0.05, 0) is 55.3 Å². The zero-order valence-corrected chi connectivity index (χ0v) is 19.0. The first-order chi connectivity index (χ1) is 15.8. The van der Waals surface area contributed by atoms with Gasteiger partial charge in [0.1, 0.15) is 11.3 Å². The summed E-state index contributed by atoms with van der Waals surface area (Å²) in [5.41, 5.74) is 2.51. The SMILES string of the molecule is Cc1ccc(C(=O)N2CCC3(C2)c2cccn2-c2ncccc2N3CC(=O)N(C)C)cc1O. The van der Waals surface area contributed by atoms with Crippen molar-refractivity contribution in [2.75, 3.05) is 38.6 Å². The van der Waals surface area contributed by atoms with E-state index in [2.05, 4.69) is 20.5 Å². The van der Waals surface area contributed by atoms with Gasteiger partial charge in [0, 0.05) is 45.1 Å². The van der Waals surface area contributed by atoms with Crippen molar-refractivity contribution in [1.29, 1.82) is 0 Å². The number of carbonyl (C=O) groups is 2. The fraction of sp³-hybridized carbons (Fsp3) is 0.320. The lowest BCUT2D eigenvalue weighted by Crippen LogP contribution is -2.55. The Labute approximate surface area is 192 Å². The average Bonchev–Trinajstić information content (AvgIpc) is 3.47. The van der Waals surface area contributed by atoms with Crippen molar-refractivity contribution in [2.45, 2.75) is 18.9 Å². The number of aryl methyl sites for hydroxylation is 1. The number of aromatic hydroxyl groups is 1. The smallest absolute Gasteiger partial charge is 0.254 e. The molecule has 0 bridgehead atoms. The second-order valence-corrected chi connectivity index (χ2v) is 8.99. The molecule has 2 aliphatic rings. The van der Waals surface area contributed by atoms with Crippen LogP contribution in [0.5, 0.6) is 5.75 Å². The number of pyridine rings is 1. The fourth-order valence-electron chi connectivity index (χ4n) is 4.93. The minimum Gasteiger partial charge on any atom is -0.508 e. The van der Waals surface area contributed by atoms with E-state index < -0.39 is 5.54 Å². The van der Waals surface area contributed by atoms with Crippen molar-refractivity contribution in [1.82, 2.24) is 19.4 Å². The van der Waals surface area contributed by atoms with Crippen LogP contribution in [0, 0.1) is 6.92 Å². The molecule has 3 aromatic rings. The van der Waals surface area contributed by atoms with Gasteiger partial charge in [-0.1, -0.05) is 6.07 Å². The molecule has 1 atom stereocenters. The van der Waals surface area contributed by atoms with Crippen molar-refractivity contribution in [3.05, 3.63) is 71.7 Å². The van der Waals surface area contributed by atoms with Gasteiger partial charge < -0.3 is 24.4 Å². The molecule has 1 unspecified atom stereocenters. The van der Waals surface area contributed by atoms with Crippen LogP contribution in [0.3, 0.4) is 0 Å². The van der Waals surface area contributed by atoms with E-state index in [1.165, 1.54) is 6.07 Å². The van der Waals surface area contributed by atoms with Crippen molar-refractivity contribution >= 4 is 17.5 Å². The molecular formula is C25H27N5O3. The number of phenols is 1. The number of phenolic OH excluding ortho intramolecular Hbond substituents is 1. The normalized spacial score (nSPS) is 18.9. The standard InChI is InChI=1S/C25H27N5O3/c1-17-8-9-18(14-20(17)31)24(33)28-13-10-25(16-28)21-7-5-12-29(21)23-19(6-4-11-26-23)30(25)15-22(32)27(2)3/h4-9,11-12,14,31H,10,13,15-16H2,1-3H3. The Morgan fingerprint density at radius 1 is 1.18 bits per heavy atom. The Morgan fingerprint density at radius 3 is 2.76 bits per heavy atom. The van der Waals surface area contributed by atoms with E-state index in [0.717, 1.165) is 22.8 Å². The zero-order chi connectivity index (χ0) is 23.3. The number of rotatable bonds is 3. The number of amides is 2. The van der Waals surface area contributed by atoms with Crippen LogP contribution >= 0.6 is 0 Å². The molecule has 1 N–H and O–H groups in total. The number of carbonyl (C=O) groups excluding carboxylic acids is 2. The van der Waals surface area contributed by atoms with Crippen molar-refractivity contribution in [3.63, 3.8) is 0 Å². The highest BCUT2D eigenvalue weighted by atomic mass is 16.3. The first kappa shape index (κ1) is 21.1. The molecule has 1 saturated heterocycles. The monoisotopic (exact) mass is 445 g/mol. The Morgan fingerprint density at radius 2 is 2.00 bits per heavy atom. The van der Waals surface area contributed by atoms with Gasteiger partial charge in [0.25, 0.3) is 5.91 Å². The summed E-state index contributed by atoms with van der Waals surface area (Å²) < 4.78 is 2.07. The Balaban J connectivity index is 1.57. The van der Waals surface area contributed by atoms with E-state index in [0.29, 0.717) is 25.1 Å². The summed E-state index contributed by atoms with van der Waals surface area (Å²) in [5, 5.41) is 10.1. The van der Waals surface area contributed by atoms with Crippen LogP contribution in [-0.4, -0.2) is 70.0 Å². The quantitative estimate of drug-likeness (QED) is 0.670. The van der Waals surface area contributed by atoms with Crippen molar-refractivity contribution in [2.24, 2.45) is 0 Å². The third-order valence-electron chi connectivity index (χ3n) is 6.81. The summed E-state index contributed by atoms with van der Waals surface area (Å²) in [7, 11) is 3.50. The summed E-state index contributed by atoms with van der Waals surface area (Å²) in [5.74, 6) is 0.746. The number of likely N-dealkylation sites (N-methyl/N-ethyl adjacent to an activating group) is 1. The minimum atomic E-state index is -0.562. The molecule has 33 heavy (non-hydrogen) atoms. The summed E-state index contributed by atoms with van der Waals surface area (Å²) in [6, 6.07) is 12.9. The number of anilines is 1. The summed E-state index contributed by atoms with van der Waals surface area (Å²) in [4.78, 5) is 36.4.